The van der Waals surface area contributed by atoms with Crippen molar-refractivity contribution in [3.8, 4) is 0 Å². The molecule has 0 atom stereocenters. The summed E-state index contributed by atoms with van der Waals surface area (Å²) in [6.07, 6.45) is 6.27. The van der Waals surface area contributed by atoms with Crippen LogP contribution < -0.4 is 16.0 Å². The molecule has 0 saturated heterocycles. The van der Waals surface area contributed by atoms with Gasteiger partial charge in [-0.3, -0.25) is 4.79 Å². The maximum absolute atomic E-state index is 12.0. The highest BCUT2D eigenvalue weighted by molar-refractivity contribution is 5.93. The van der Waals surface area contributed by atoms with Gasteiger partial charge in [0, 0.05) is 24.8 Å². The lowest BCUT2D eigenvalue weighted by molar-refractivity contribution is -0.114. The summed E-state index contributed by atoms with van der Waals surface area (Å²) < 4.78 is 0. The van der Waals surface area contributed by atoms with Gasteiger partial charge in [-0.15, -0.1) is 0 Å². The van der Waals surface area contributed by atoms with Gasteiger partial charge in [-0.2, -0.15) is 0 Å². The molecule has 3 N–H and O–H groups in total. The van der Waals surface area contributed by atoms with Gasteiger partial charge in [0.2, 0.25) is 5.91 Å². The van der Waals surface area contributed by atoms with E-state index in [0.29, 0.717) is 11.6 Å². The van der Waals surface area contributed by atoms with Crippen molar-refractivity contribution < 1.29 is 9.59 Å². The fourth-order valence-corrected chi connectivity index (χ4v) is 2.83. The molecule has 1 aliphatic carbocycles. The Balaban J connectivity index is 1.86. The molecule has 1 aromatic rings. The fourth-order valence-electron chi connectivity index (χ4n) is 2.83. The van der Waals surface area contributed by atoms with E-state index >= 15 is 0 Å². The average Bonchev–Trinajstić information content (AvgIpc) is 2.49. The van der Waals surface area contributed by atoms with Crippen LogP contribution in [0.25, 0.3) is 0 Å². The molecule has 1 aliphatic rings. The minimum atomic E-state index is -0.191. The first kappa shape index (κ1) is 16.3. The predicted octanol–water partition coefficient (Wildman–Crippen LogP) is 3.66. The summed E-state index contributed by atoms with van der Waals surface area (Å²) in [6.45, 7) is 4.12. The summed E-state index contributed by atoms with van der Waals surface area (Å²) in [7, 11) is 0. The van der Waals surface area contributed by atoms with Gasteiger partial charge in [-0.1, -0.05) is 25.3 Å². The van der Waals surface area contributed by atoms with Crippen LogP contribution in [-0.4, -0.2) is 18.5 Å². The van der Waals surface area contributed by atoms with E-state index in [0.717, 1.165) is 17.8 Å². The molecule has 1 saturated carbocycles. The van der Waals surface area contributed by atoms with Crippen LogP contribution in [0.5, 0.6) is 0 Å². The average molecular weight is 303 g/mol. The molecule has 5 heteroatoms. The maximum atomic E-state index is 12.0. The number of carbonyl (C=O) groups is 2. The number of hydrogen-bond acceptors (Lipinski definition) is 2. The number of benzene rings is 1. The van der Waals surface area contributed by atoms with Crippen molar-refractivity contribution in [1.82, 2.24) is 5.32 Å². The summed E-state index contributed by atoms with van der Waals surface area (Å²) in [5.41, 5.74) is 2.36. The Morgan fingerprint density at radius 2 is 1.86 bits per heavy atom. The number of carbonyl (C=O) groups excluding carboxylic acids is 2. The zero-order valence-corrected chi connectivity index (χ0v) is 13.4. The molecule has 22 heavy (non-hydrogen) atoms. The number of urea groups is 1. The van der Waals surface area contributed by atoms with Gasteiger partial charge in [0.1, 0.15) is 0 Å². The van der Waals surface area contributed by atoms with E-state index in [-0.39, 0.29) is 11.9 Å². The molecule has 120 valence electrons. The first-order valence-electron chi connectivity index (χ1n) is 7.97. The zero-order chi connectivity index (χ0) is 15.9. The standard InChI is InChI=1S/C17H25N3O2/c1-12-8-9-15(10-16(12)19-13(2)21)20-17(22)18-11-14-6-4-3-5-7-14/h8-10,14H,3-7,11H2,1-2H3,(H,19,21)(H2,18,20,22). The number of hydrogen-bond donors (Lipinski definition) is 3. The summed E-state index contributed by atoms with van der Waals surface area (Å²) in [5, 5.41) is 8.52. The van der Waals surface area contributed by atoms with E-state index < -0.39 is 0 Å². The largest absolute Gasteiger partial charge is 0.338 e. The van der Waals surface area contributed by atoms with Crippen LogP contribution in [0.3, 0.4) is 0 Å². The van der Waals surface area contributed by atoms with Crippen molar-refractivity contribution in [2.24, 2.45) is 5.92 Å². The maximum Gasteiger partial charge on any atom is 0.319 e. The van der Waals surface area contributed by atoms with E-state index in [1.165, 1.54) is 39.0 Å². The van der Waals surface area contributed by atoms with Crippen molar-refractivity contribution in [2.75, 3.05) is 17.2 Å². The Labute approximate surface area is 131 Å². The molecule has 0 spiro atoms. The van der Waals surface area contributed by atoms with E-state index in [1.54, 1.807) is 6.07 Å². The van der Waals surface area contributed by atoms with Gasteiger partial charge in [0.25, 0.3) is 0 Å². The van der Waals surface area contributed by atoms with E-state index in [2.05, 4.69) is 16.0 Å². The number of amides is 3. The Hall–Kier alpha value is -2.04. The zero-order valence-electron chi connectivity index (χ0n) is 13.4. The Morgan fingerprint density at radius 3 is 2.55 bits per heavy atom. The van der Waals surface area contributed by atoms with Gasteiger partial charge in [-0.25, -0.2) is 4.79 Å². The summed E-state index contributed by atoms with van der Waals surface area (Å²) in [4.78, 5) is 23.1. The molecule has 1 aromatic carbocycles. The van der Waals surface area contributed by atoms with Gasteiger partial charge >= 0.3 is 6.03 Å². The van der Waals surface area contributed by atoms with Gasteiger partial charge in [0.15, 0.2) is 0 Å². The van der Waals surface area contributed by atoms with Crippen molar-refractivity contribution >= 4 is 23.3 Å². The second kappa shape index (κ2) is 7.82. The minimum Gasteiger partial charge on any atom is -0.338 e. The summed E-state index contributed by atoms with van der Waals surface area (Å²) in [5.74, 6) is 0.481. The third-order valence-electron chi connectivity index (χ3n) is 4.08. The highest BCUT2D eigenvalue weighted by atomic mass is 16.2. The van der Waals surface area contributed by atoms with E-state index in [4.69, 9.17) is 0 Å². The Kier molecular flexibility index (Phi) is 5.81. The Morgan fingerprint density at radius 1 is 1.14 bits per heavy atom. The van der Waals surface area contributed by atoms with Gasteiger partial charge in [0.05, 0.1) is 0 Å². The Bertz CT molecular complexity index is 537. The van der Waals surface area contributed by atoms with Crippen molar-refractivity contribution in [3.63, 3.8) is 0 Å². The van der Waals surface area contributed by atoms with Gasteiger partial charge in [-0.05, 0) is 43.4 Å². The molecule has 0 heterocycles. The molecule has 1 fully saturated rings. The van der Waals surface area contributed by atoms with Crippen LogP contribution in [0.4, 0.5) is 16.2 Å². The van der Waals surface area contributed by atoms with E-state index in [9.17, 15) is 9.59 Å². The van der Waals surface area contributed by atoms with Crippen molar-refractivity contribution in [3.05, 3.63) is 23.8 Å². The monoisotopic (exact) mass is 303 g/mol. The van der Waals surface area contributed by atoms with Crippen LogP contribution in [0.2, 0.25) is 0 Å². The van der Waals surface area contributed by atoms with Crippen LogP contribution in [0.1, 0.15) is 44.6 Å². The quantitative estimate of drug-likeness (QED) is 0.794. The lowest BCUT2D eigenvalue weighted by Gasteiger charge is -2.21. The highest BCUT2D eigenvalue weighted by Gasteiger charge is 2.14. The third kappa shape index (κ3) is 5.06. The molecule has 3 amide bonds. The highest BCUT2D eigenvalue weighted by Crippen LogP contribution is 2.23. The minimum absolute atomic E-state index is 0.123. The summed E-state index contributed by atoms with van der Waals surface area (Å²) in [6, 6.07) is 5.29. The number of nitrogens with one attached hydrogen (secondary N) is 3. The third-order valence-corrected chi connectivity index (χ3v) is 4.08. The molecular formula is C17H25N3O2. The SMILES string of the molecule is CC(=O)Nc1cc(NC(=O)NCC2CCCCC2)ccc1C. The van der Waals surface area contributed by atoms with Crippen molar-refractivity contribution in [2.45, 2.75) is 46.0 Å². The molecule has 0 radical (unpaired) electrons. The molecular weight excluding hydrogens is 278 g/mol. The molecule has 0 unspecified atom stereocenters. The first-order valence-corrected chi connectivity index (χ1v) is 7.97. The summed E-state index contributed by atoms with van der Waals surface area (Å²) >= 11 is 0. The number of aryl methyl sites for hydroxylation is 1. The fraction of sp³-hybridized carbons (Fsp3) is 0.529. The molecule has 5 nitrogen and oxygen atoms in total. The molecule has 0 bridgehead atoms. The molecule has 2 rings (SSSR count). The lowest BCUT2D eigenvalue weighted by Crippen LogP contribution is -2.33. The van der Waals surface area contributed by atoms with Crippen LogP contribution in [-0.2, 0) is 4.79 Å². The van der Waals surface area contributed by atoms with Crippen LogP contribution in [0, 0.1) is 12.8 Å². The first-order chi connectivity index (χ1) is 10.5. The molecule has 0 aromatic heterocycles. The second-order valence-electron chi connectivity index (χ2n) is 6.05. The number of anilines is 2. The predicted molar refractivity (Wildman–Crippen MR) is 89.1 cm³/mol. The van der Waals surface area contributed by atoms with Crippen LogP contribution >= 0.6 is 0 Å². The van der Waals surface area contributed by atoms with E-state index in [1.807, 2.05) is 19.1 Å². The normalized spacial score (nSPS) is 15.2. The number of rotatable bonds is 4. The van der Waals surface area contributed by atoms with Gasteiger partial charge < -0.3 is 16.0 Å². The topological polar surface area (TPSA) is 70.2 Å². The lowest BCUT2D eigenvalue weighted by atomic mass is 9.89. The second-order valence-corrected chi connectivity index (χ2v) is 6.05. The smallest absolute Gasteiger partial charge is 0.319 e. The van der Waals surface area contributed by atoms with Crippen LogP contribution in [0.15, 0.2) is 18.2 Å². The van der Waals surface area contributed by atoms with Crippen molar-refractivity contribution in [1.29, 1.82) is 0 Å². The molecule has 0 aliphatic heterocycles.